The zero-order chi connectivity index (χ0) is 14.5. The van der Waals surface area contributed by atoms with Crippen molar-refractivity contribution in [1.82, 2.24) is 4.98 Å². The van der Waals surface area contributed by atoms with Gasteiger partial charge < -0.3 is 9.47 Å². The van der Waals surface area contributed by atoms with Gasteiger partial charge in [-0.3, -0.25) is 4.98 Å². The summed E-state index contributed by atoms with van der Waals surface area (Å²) in [7, 11) is 1.64. The van der Waals surface area contributed by atoms with Gasteiger partial charge in [-0.25, -0.2) is 0 Å². The molecule has 106 valence electrons. The average Bonchev–Trinajstić information content (AvgIpc) is 2.45. The fraction of sp³-hybridized carbons (Fsp3) is 0.267. The minimum atomic E-state index is 0.349. The van der Waals surface area contributed by atoms with Crippen molar-refractivity contribution in [2.24, 2.45) is 0 Å². The Balaban J connectivity index is 2.19. The van der Waals surface area contributed by atoms with Gasteiger partial charge in [-0.2, -0.15) is 0 Å². The quantitative estimate of drug-likeness (QED) is 0.738. The Morgan fingerprint density at radius 3 is 2.80 bits per heavy atom. The van der Waals surface area contributed by atoms with Crippen molar-refractivity contribution in [3.05, 3.63) is 52.3 Å². The summed E-state index contributed by atoms with van der Waals surface area (Å²) in [6.07, 6.45) is 0. The Morgan fingerprint density at radius 2 is 2.10 bits per heavy atom. The third-order valence-corrected chi connectivity index (χ3v) is 3.67. The van der Waals surface area contributed by atoms with E-state index in [0.717, 1.165) is 22.7 Å². The molecule has 2 aromatic rings. The van der Waals surface area contributed by atoms with E-state index >= 15 is 0 Å². The molecular weight excluding hydrogens is 342 g/mol. The van der Waals surface area contributed by atoms with Gasteiger partial charge in [0.25, 0.3) is 0 Å². The number of ether oxygens (including phenoxy) is 2. The smallest absolute Gasteiger partial charge is 0.142 e. The van der Waals surface area contributed by atoms with Crippen LogP contribution < -0.4 is 9.47 Å². The molecule has 5 heteroatoms. The van der Waals surface area contributed by atoms with Gasteiger partial charge in [0.1, 0.15) is 18.1 Å². The van der Waals surface area contributed by atoms with E-state index in [4.69, 9.17) is 21.1 Å². The Bertz CT molecular complexity index is 604. The number of pyridine rings is 1. The van der Waals surface area contributed by atoms with Crippen LogP contribution in [0.15, 0.2) is 30.3 Å². The maximum atomic E-state index is 6.17. The zero-order valence-corrected chi connectivity index (χ0v) is 13.7. The number of benzene rings is 1. The van der Waals surface area contributed by atoms with Crippen molar-refractivity contribution in [2.45, 2.75) is 18.9 Å². The maximum Gasteiger partial charge on any atom is 0.142 e. The van der Waals surface area contributed by atoms with E-state index in [1.807, 2.05) is 37.3 Å². The summed E-state index contributed by atoms with van der Waals surface area (Å²) in [6, 6.07) is 9.42. The highest BCUT2D eigenvalue weighted by Crippen LogP contribution is 2.31. The van der Waals surface area contributed by atoms with Crippen LogP contribution in [0.1, 0.15) is 17.0 Å². The standard InChI is InChI=1S/C15H15BrClNO2/c1-10-6-13(19-2)7-12(18-10)9-20-15-11(8-16)4-3-5-14(15)17/h3-7H,8-9H2,1-2H3. The van der Waals surface area contributed by atoms with Gasteiger partial charge in [0, 0.05) is 28.7 Å². The number of nitrogens with zero attached hydrogens (tertiary/aromatic N) is 1. The van der Waals surface area contributed by atoms with Crippen molar-refractivity contribution in [3.8, 4) is 11.5 Å². The molecule has 0 aliphatic heterocycles. The number of aryl methyl sites for hydroxylation is 1. The van der Waals surface area contributed by atoms with Crippen LogP contribution in [0, 0.1) is 6.92 Å². The van der Waals surface area contributed by atoms with Gasteiger partial charge in [0.2, 0.25) is 0 Å². The second-order valence-electron chi connectivity index (χ2n) is 4.29. The minimum Gasteiger partial charge on any atom is -0.497 e. The van der Waals surface area contributed by atoms with Crippen LogP contribution in [-0.4, -0.2) is 12.1 Å². The van der Waals surface area contributed by atoms with Gasteiger partial charge in [-0.15, -0.1) is 0 Å². The SMILES string of the molecule is COc1cc(C)nc(COc2c(Cl)cccc2CBr)c1. The predicted molar refractivity (Wildman–Crippen MR) is 83.9 cm³/mol. The Kier molecular flexibility index (Phi) is 5.26. The second kappa shape index (κ2) is 6.95. The summed E-state index contributed by atoms with van der Waals surface area (Å²) in [5.74, 6) is 1.46. The molecule has 0 saturated heterocycles. The van der Waals surface area contributed by atoms with E-state index < -0.39 is 0 Å². The van der Waals surface area contributed by atoms with Crippen LogP contribution in [0.4, 0.5) is 0 Å². The number of hydrogen-bond donors (Lipinski definition) is 0. The average molecular weight is 357 g/mol. The molecule has 0 unspecified atom stereocenters. The number of para-hydroxylation sites is 1. The first kappa shape index (κ1) is 15.1. The van der Waals surface area contributed by atoms with E-state index in [9.17, 15) is 0 Å². The molecule has 1 heterocycles. The van der Waals surface area contributed by atoms with Crippen LogP contribution in [0.5, 0.6) is 11.5 Å². The molecule has 2 rings (SSSR count). The summed E-state index contributed by atoms with van der Waals surface area (Å²) in [5, 5.41) is 1.29. The normalized spacial score (nSPS) is 10.4. The van der Waals surface area contributed by atoms with Gasteiger partial charge in [0.05, 0.1) is 17.8 Å². The molecule has 0 N–H and O–H groups in total. The van der Waals surface area contributed by atoms with Crippen molar-refractivity contribution in [2.75, 3.05) is 7.11 Å². The highest BCUT2D eigenvalue weighted by atomic mass is 79.9. The fourth-order valence-corrected chi connectivity index (χ4v) is 2.55. The highest BCUT2D eigenvalue weighted by Gasteiger charge is 2.09. The van der Waals surface area contributed by atoms with Crippen LogP contribution in [0.2, 0.25) is 5.02 Å². The number of alkyl halides is 1. The predicted octanol–water partition coefficient (Wildman–Crippen LogP) is 4.53. The number of aromatic nitrogens is 1. The summed E-state index contributed by atoms with van der Waals surface area (Å²) in [6.45, 7) is 2.27. The lowest BCUT2D eigenvalue weighted by atomic mass is 10.2. The van der Waals surface area contributed by atoms with Crippen molar-refractivity contribution < 1.29 is 9.47 Å². The molecule has 0 radical (unpaired) electrons. The zero-order valence-electron chi connectivity index (χ0n) is 11.3. The van der Waals surface area contributed by atoms with Gasteiger partial charge in [-0.1, -0.05) is 39.7 Å². The Labute approximate surface area is 132 Å². The lowest BCUT2D eigenvalue weighted by Crippen LogP contribution is -2.02. The summed E-state index contributed by atoms with van der Waals surface area (Å²) < 4.78 is 11.0. The van der Waals surface area contributed by atoms with Crippen molar-refractivity contribution in [3.63, 3.8) is 0 Å². The molecule has 0 aliphatic rings. The lowest BCUT2D eigenvalue weighted by Gasteiger charge is -2.12. The second-order valence-corrected chi connectivity index (χ2v) is 5.26. The van der Waals surface area contributed by atoms with Crippen molar-refractivity contribution >= 4 is 27.5 Å². The Hall–Kier alpha value is -1.26. The first-order valence-corrected chi connectivity index (χ1v) is 7.61. The molecule has 0 saturated carbocycles. The molecule has 0 atom stereocenters. The maximum absolute atomic E-state index is 6.17. The minimum absolute atomic E-state index is 0.349. The molecule has 3 nitrogen and oxygen atoms in total. The summed E-state index contributed by atoms with van der Waals surface area (Å²) in [5.41, 5.74) is 2.71. The van der Waals surface area contributed by atoms with Gasteiger partial charge >= 0.3 is 0 Å². The number of hydrogen-bond acceptors (Lipinski definition) is 3. The van der Waals surface area contributed by atoms with Gasteiger partial charge in [-0.05, 0) is 13.0 Å². The van der Waals surface area contributed by atoms with E-state index in [2.05, 4.69) is 20.9 Å². The van der Waals surface area contributed by atoms with Crippen LogP contribution in [0.3, 0.4) is 0 Å². The first-order chi connectivity index (χ1) is 9.63. The fourth-order valence-electron chi connectivity index (χ4n) is 1.86. The molecule has 0 bridgehead atoms. The lowest BCUT2D eigenvalue weighted by molar-refractivity contribution is 0.298. The Morgan fingerprint density at radius 1 is 1.30 bits per heavy atom. The number of halogens is 2. The van der Waals surface area contributed by atoms with Gasteiger partial charge in [0.15, 0.2) is 0 Å². The molecule has 20 heavy (non-hydrogen) atoms. The molecule has 1 aromatic heterocycles. The van der Waals surface area contributed by atoms with E-state index in [1.165, 1.54) is 0 Å². The molecule has 0 amide bonds. The highest BCUT2D eigenvalue weighted by molar-refractivity contribution is 9.08. The molecule has 0 spiro atoms. The summed E-state index contributed by atoms with van der Waals surface area (Å²) >= 11 is 9.60. The van der Waals surface area contributed by atoms with Crippen molar-refractivity contribution in [1.29, 1.82) is 0 Å². The molecular formula is C15H15BrClNO2. The largest absolute Gasteiger partial charge is 0.497 e. The van der Waals surface area contributed by atoms with E-state index in [0.29, 0.717) is 22.7 Å². The van der Waals surface area contributed by atoms with Crippen LogP contribution >= 0.6 is 27.5 Å². The third kappa shape index (κ3) is 3.64. The summed E-state index contributed by atoms with van der Waals surface area (Å²) in [4.78, 5) is 4.42. The topological polar surface area (TPSA) is 31.4 Å². The number of rotatable bonds is 5. The van der Waals surface area contributed by atoms with E-state index in [-0.39, 0.29) is 0 Å². The first-order valence-electron chi connectivity index (χ1n) is 6.11. The molecule has 0 fully saturated rings. The third-order valence-electron chi connectivity index (χ3n) is 2.77. The van der Waals surface area contributed by atoms with Crippen LogP contribution in [0.25, 0.3) is 0 Å². The molecule has 0 aliphatic carbocycles. The monoisotopic (exact) mass is 355 g/mol. The van der Waals surface area contributed by atoms with E-state index in [1.54, 1.807) is 7.11 Å². The molecule has 1 aromatic carbocycles. The number of methoxy groups -OCH3 is 1. The van der Waals surface area contributed by atoms with Crippen LogP contribution in [-0.2, 0) is 11.9 Å².